The summed E-state index contributed by atoms with van der Waals surface area (Å²) in [5.41, 5.74) is 1.20. The molecule has 11 heteroatoms. The Bertz CT molecular complexity index is 1200. The van der Waals surface area contributed by atoms with E-state index in [-0.39, 0.29) is 35.1 Å². The zero-order valence-electron chi connectivity index (χ0n) is 18.1. The number of hydrogen-bond donors (Lipinski definition) is 0. The summed E-state index contributed by atoms with van der Waals surface area (Å²) in [6, 6.07) is 10.5. The summed E-state index contributed by atoms with van der Waals surface area (Å²) in [5.74, 6) is -0.692. The van der Waals surface area contributed by atoms with Gasteiger partial charge in [0.2, 0.25) is 20.0 Å². The smallest absolute Gasteiger partial charge is 0.338 e. The minimum Gasteiger partial charge on any atom is -0.457 e. The Labute approximate surface area is 188 Å². The fourth-order valence-corrected chi connectivity index (χ4v) is 5.56. The van der Waals surface area contributed by atoms with E-state index >= 15 is 0 Å². The van der Waals surface area contributed by atoms with Gasteiger partial charge < -0.3 is 9.47 Å². The van der Waals surface area contributed by atoms with Crippen LogP contribution in [0.25, 0.3) is 0 Å². The normalized spacial score (nSPS) is 15.6. The van der Waals surface area contributed by atoms with Crippen molar-refractivity contribution in [3.8, 4) is 0 Å². The largest absolute Gasteiger partial charge is 0.457 e. The van der Waals surface area contributed by atoms with Crippen LogP contribution in [0.5, 0.6) is 0 Å². The van der Waals surface area contributed by atoms with Crippen molar-refractivity contribution >= 4 is 26.0 Å². The molecule has 32 heavy (non-hydrogen) atoms. The van der Waals surface area contributed by atoms with Gasteiger partial charge in [0.05, 0.1) is 28.6 Å². The molecule has 3 rings (SSSR count). The maximum absolute atomic E-state index is 12.9. The van der Waals surface area contributed by atoms with Crippen LogP contribution in [-0.2, 0) is 36.1 Å². The van der Waals surface area contributed by atoms with E-state index in [1.165, 1.54) is 42.7 Å². The molecule has 1 fully saturated rings. The standard InChI is InChI=1S/C21H26N2O7S2/c1-16-7-8-19(32(27,28)23-9-11-29-12-10-23)14-20(16)21(24)30-15-17-5-4-6-18(13-17)31(25,26)22(2)3/h4-8,13-14H,9-12,15H2,1-3H3. The molecule has 1 saturated heterocycles. The van der Waals surface area contributed by atoms with Gasteiger partial charge >= 0.3 is 5.97 Å². The van der Waals surface area contributed by atoms with Crippen molar-refractivity contribution in [3.05, 3.63) is 59.2 Å². The van der Waals surface area contributed by atoms with E-state index in [0.717, 1.165) is 4.31 Å². The van der Waals surface area contributed by atoms with E-state index in [2.05, 4.69) is 0 Å². The van der Waals surface area contributed by atoms with Gasteiger partial charge in [-0.25, -0.2) is 25.9 Å². The topological polar surface area (TPSA) is 110 Å². The summed E-state index contributed by atoms with van der Waals surface area (Å²) in [5, 5.41) is 0. The maximum atomic E-state index is 12.9. The number of sulfonamides is 2. The predicted octanol–water partition coefficient (Wildman–Crippen LogP) is 1.62. The highest BCUT2D eigenvalue weighted by Gasteiger charge is 2.27. The Kier molecular flexibility index (Phi) is 7.36. The molecule has 1 heterocycles. The van der Waals surface area contributed by atoms with Gasteiger partial charge in [0.25, 0.3) is 0 Å². The molecule has 0 saturated carbocycles. The summed E-state index contributed by atoms with van der Waals surface area (Å²) < 4.78 is 63.4. The number of esters is 1. The number of morpholine rings is 1. The molecule has 0 amide bonds. The zero-order valence-corrected chi connectivity index (χ0v) is 19.8. The number of rotatable bonds is 7. The molecule has 174 valence electrons. The first-order chi connectivity index (χ1) is 15.0. The lowest BCUT2D eigenvalue weighted by molar-refractivity contribution is 0.0471. The lowest BCUT2D eigenvalue weighted by Gasteiger charge is -2.26. The lowest BCUT2D eigenvalue weighted by atomic mass is 10.1. The molecule has 0 unspecified atom stereocenters. The number of carbonyl (C=O) groups excluding carboxylic acids is 1. The molecule has 0 aliphatic carbocycles. The fourth-order valence-electron chi connectivity index (χ4n) is 3.15. The quantitative estimate of drug-likeness (QED) is 0.552. The van der Waals surface area contributed by atoms with E-state index in [9.17, 15) is 21.6 Å². The molecule has 0 atom stereocenters. The van der Waals surface area contributed by atoms with Crippen LogP contribution in [0.15, 0.2) is 52.3 Å². The number of nitrogens with zero attached hydrogens (tertiary/aromatic N) is 2. The number of hydrogen-bond acceptors (Lipinski definition) is 7. The second kappa shape index (κ2) is 9.67. The minimum absolute atomic E-state index is 0.0102. The van der Waals surface area contributed by atoms with Crippen molar-refractivity contribution < 1.29 is 31.1 Å². The molecule has 0 bridgehead atoms. The molecular weight excluding hydrogens is 456 g/mol. The van der Waals surface area contributed by atoms with Crippen molar-refractivity contribution in [2.75, 3.05) is 40.4 Å². The highest BCUT2D eigenvalue weighted by Crippen LogP contribution is 2.22. The van der Waals surface area contributed by atoms with Crippen LogP contribution in [0.1, 0.15) is 21.5 Å². The van der Waals surface area contributed by atoms with Crippen molar-refractivity contribution in [2.24, 2.45) is 0 Å². The molecule has 0 spiro atoms. The van der Waals surface area contributed by atoms with Crippen molar-refractivity contribution in [3.63, 3.8) is 0 Å². The first kappa shape index (κ1) is 24.3. The Morgan fingerprint density at radius 2 is 1.72 bits per heavy atom. The van der Waals surface area contributed by atoms with Crippen molar-refractivity contribution in [1.82, 2.24) is 8.61 Å². The van der Waals surface area contributed by atoms with Gasteiger partial charge in [0.15, 0.2) is 0 Å². The molecule has 2 aromatic carbocycles. The second-order valence-electron chi connectivity index (χ2n) is 7.50. The van der Waals surface area contributed by atoms with E-state index < -0.39 is 26.0 Å². The Morgan fingerprint density at radius 1 is 1.03 bits per heavy atom. The molecule has 0 aromatic heterocycles. The third-order valence-electron chi connectivity index (χ3n) is 5.08. The maximum Gasteiger partial charge on any atom is 0.338 e. The third-order valence-corrected chi connectivity index (χ3v) is 8.79. The highest BCUT2D eigenvalue weighted by molar-refractivity contribution is 7.89. The van der Waals surface area contributed by atoms with Gasteiger partial charge in [-0.1, -0.05) is 18.2 Å². The van der Waals surface area contributed by atoms with Crippen LogP contribution in [0.4, 0.5) is 0 Å². The summed E-state index contributed by atoms with van der Waals surface area (Å²) in [6.45, 7) is 2.68. The Balaban J connectivity index is 1.78. The molecule has 0 radical (unpaired) electrons. The van der Waals surface area contributed by atoms with Crippen LogP contribution in [0.2, 0.25) is 0 Å². The van der Waals surface area contributed by atoms with E-state index in [0.29, 0.717) is 24.3 Å². The summed E-state index contributed by atoms with van der Waals surface area (Å²) in [6.07, 6.45) is 0. The number of carbonyl (C=O) groups is 1. The van der Waals surface area contributed by atoms with Gasteiger partial charge in [-0.3, -0.25) is 0 Å². The van der Waals surface area contributed by atoms with Crippen LogP contribution >= 0.6 is 0 Å². The number of aryl methyl sites for hydroxylation is 1. The predicted molar refractivity (Wildman–Crippen MR) is 117 cm³/mol. The average Bonchev–Trinajstić information content (AvgIpc) is 2.78. The molecular formula is C21H26N2O7S2. The third kappa shape index (κ3) is 5.18. The van der Waals surface area contributed by atoms with E-state index in [1.54, 1.807) is 25.1 Å². The molecule has 1 aliphatic rings. The first-order valence-electron chi connectivity index (χ1n) is 9.90. The number of ether oxygens (including phenoxy) is 2. The fraction of sp³-hybridized carbons (Fsp3) is 0.381. The van der Waals surface area contributed by atoms with Crippen molar-refractivity contribution in [1.29, 1.82) is 0 Å². The van der Waals surface area contributed by atoms with Crippen LogP contribution in [0.3, 0.4) is 0 Å². The molecule has 0 N–H and O–H groups in total. The molecule has 1 aliphatic heterocycles. The lowest BCUT2D eigenvalue weighted by Crippen LogP contribution is -2.40. The number of benzene rings is 2. The van der Waals surface area contributed by atoms with Crippen molar-refractivity contribution in [2.45, 2.75) is 23.3 Å². The molecule has 2 aromatic rings. The second-order valence-corrected chi connectivity index (χ2v) is 11.6. The zero-order chi connectivity index (χ0) is 23.5. The van der Waals surface area contributed by atoms with Gasteiger partial charge in [0.1, 0.15) is 6.61 Å². The van der Waals surface area contributed by atoms with Crippen LogP contribution < -0.4 is 0 Å². The van der Waals surface area contributed by atoms with Gasteiger partial charge in [-0.05, 0) is 42.3 Å². The van der Waals surface area contributed by atoms with Gasteiger partial charge in [-0.2, -0.15) is 4.31 Å². The Hall–Kier alpha value is -2.31. The minimum atomic E-state index is -3.76. The first-order valence-corrected chi connectivity index (χ1v) is 12.8. The van der Waals surface area contributed by atoms with E-state index in [1.807, 2.05) is 0 Å². The van der Waals surface area contributed by atoms with Gasteiger partial charge in [-0.15, -0.1) is 0 Å². The summed E-state index contributed by atoms with van der Waals surface area (Å²) in [7, 11) is -4.51. The highest BCUT2D eigenvalue weighted by atomic mass is 32.2. The van der Waals surface area contributed by atoms with E-state index in [4.69, 9.17) is 9.47 Å². The Morgan fingerprint density at radius 3 is 2.38 bits per heavy atom. The van der Waals surface area contributed by atoms with Crippen LogP contribution in [0, 0.1) is 6.92 Å². The molecule has 9 nitrogen and oxygen atoms in total. The van der Waals surface area contributed by atoms with Gasteiger partial charge in [0, 0.05) is 27.2 Å². The van der Waals surface area contributed by atoms with Crippen LogP contribution in [-0.4, -0.2) is 71.8 Å². The monoisotopic (exact) mass is 482 g/mol. The summed E-state index contributed by atoms with van der Waals surface area (Å²) in [4.78, 5) is 12.8. The SMILES string of the molecule is Cc1ccc(S(=O)(=O)N2CCOCC2)cc1C(=O)OCc1cccc(S(=O)(=O)N(C)C)c1. The summed E-state index contributed by atoms with van der Waals surface area (Å²) >= 11 is 0. The average molecular weight is 483 g/mol.